The van der Waals surface area contributed by atoms with Gasteiger partial charge in [-0.2, -0.15) is 0 Å². The van der Waals surface area contributed by atoms with Gasteiger partial charge in [0, 0.05) is 10.2 Å². The Kier molecular flexibility index (Phi) is 5.47. The van der Waals surface area contributed by atoms with E-state index in [-0.39, 0.29) is 5.97 Å². The number of halogens is 2. The summed E-state index contributed by atoms with van der Waals surface area (Å²) in [7, 11) is 0. The standard InChI is InChI=1S/C14H13BrINO3/c1-2-19-14(18)9-3-5-12(11(15)7-9)17-8-10-4-6-13(16)20-10/h3-7,17H,2,8H2,1H3. The minimum Gasteiger partial charge on any atom is -0.462 e. The molecule has 0 spiro atoms. The van der Waals surface area contributed by atoms with Crippen molar-refractivity contribution in [1.29, 1.82) is 0 Å². The van der Waals surface area contributed by atoms with Crippen molar-refractivity contribution in [2.24, 2.45) is 0 Å². The highest BCUT2D eigenvalue weighted by molar-refractivity contribution is 14.1. The fourth-order valence-corrected chi connectivity index (χ4v) is 2.61. The van der Waals surface area contributed by atoms with Crippen LogP contribution in [0.1, 0.15) is 23.0 Å². The summed E-state index contributed by atoms with van der Waals surface area (Å²) in [5, 5.41) is 3.24. The molecule has 0 bridgehead atoms. The molecule has 1 aromatic heterocycles. The van der Waals surface area contributed by atoms with Crippen LogP contribution >= 0.6 is 38.5 Å². The highest BCUT2D eigenvalue weighted by Gasteiger charge is 2.09. The molecule has 0 saturated carbocycles. The summed E-state index contributed by atoms with van der Waals surface area (Å²) in [5.74, 6) is 0.538. The SMILES string of the molecule is CCOC(=O)c1ccc(NCc2ccc(I)o2)c(Br)c1. The Bertz CT molecular complexity index is 612. The van der Waals surface area contributed by atoms with Gasteiger partial charge in [-0.1, -0.05) is 0 Å². The zero-order chi connectivity index (χ0) is 14.5. The van der Waals surface area contributed by atoms with Gasteiger partial charge in [0.15, 0.2) is 3.77 Å². The van der Waals surface area contributed by atoms with Gasteiger partial charge in [-0.3, -0.25) is 0 Å². The number of ether oxygens (including phenoxy) is 1. The monoisotopic (exact) mass is 449 g/mol. The average Bonchev–Trinajstić information content (AvgIpc) is 2.83. The minimum atomic E-state index is -0.319. The lowest BCUT2D eigenvalue weighted by atomic mass is 10.2. The van der Waals surface area contributed by atoms with Crippen molar-refractivity contribution >= 4 is 50.2 Å². The second kappa shape index (κ2) is 7.12. The first-order valence-corrected chi connectivity index (χ1v) is 7.92. The smallest absolute Gasteiger partial charge is 0.338 e. The molecule has 4 nitrogen and oxygen atoms in total. The number of esters is 1. The molecule has 0 amide bonds. The van der Waals surface area contributed by atoms with Gasteiger partial charge in [0.05, 0.1) is 18.7 Å². The molecule has 20 heavy (non-hydrogen) atoms. The molecule has 2 rings (SSSR count). The van der Waals surface area contributed by atoms with Gasteiger partial charge >= 0.3 is 5.97 Å². The van der Waals surface area contributed by atoms with Crippen LogP contribution in [-0.4, -0.2) is 12.6 Å². The van der Waals surface area contributed by atoms with E-state index in [1.165, 1.54) is 0 Å². The summed E-state index contributed by atoms with van der Waals surface area (Å²) in [4.78, 5) is 11.6. The molecule has 0 radical (unpaired) electrons. The lowest BCUT2D eigenvalue weighted by Crippen LogP contribution is -2.05. The summed E-state index contributed by atoms with van der Waals surface area (Å²) in [6.07, 6.45) is 0. The Labute approximate surface area is 139 Å². The average molecular weight is 450 g/mol. The topological polar surface area (TPSA) is 51.5 Å². The van der Waals surface area contributed by atoms with Crippen LogP contribution in [0.3, 0.4) is 0 Å². The number of carbonyl (C=O) groups excluding carboxylic acids is 1. The molecule has 0 aliphatic rings. The Hall–Kier alpha value is -1.02. The molecule has 0 saturated heterocycles. The molecule has 1 aromatic carbocycles. The summed E-state index contributed by atoms with van der Waals surface area (Å²) in [5.41, 5.74) is 1.42. The number of carbonyl (C=O) groups is 1. The molecule has 1 N–H and O–H groups in total. The van der Waals surface area contributed by atoms with Crippen molar-refractivity contribution < 1.29 is 13.9 Å². The van der Waals surface area contributed by atoms with Gasteiger partial charge in [0.25, 0.3) is 0 Å². The molecule has 6 heteroatoms. The summed E-state index contributed by atoms with van der Waals surface area (Å²) < 4.78 is 12.1. The predicted molar refractivity (Wildman–Crippen MR) is 88.9 cm³/mol. The van der Waals surface area contributed by atoms with E-state index in [0.717, 1.165) is 19.7 Å². The minimum absolute atomic E-state index is 0.319. The first kappa shape index (κ1) is 15.4. The van der Waals surface area contributed by atoms with Crippen LogP contribution in [0.15, 0.2) is 39.2 Å². The van der Waals surface area contributed by atoms with Crippen LogP contribution in [0.5, 0.6) is 0 Å². The Morgan fingerprint density at radius 3 is 2.80 bits per heavy atom. The van der Waals surface area contributed by atoms with Crippen molar-refractivity contribution in [3.8, 4) is 0 Å². The van der Waals surface area contributed by atoms with E-state index in [4.69, 9.17) is 9.15 Å². The number of hydrogen-bond acceptors (Lipinski definition) is 4. The fraction of sp³-hybridized carbons (Fsp3) is 0.214. The molecule has 0 fully saturated rings. The molecule has 2 aromatic rings. The van der Waals surface area contributed by atoms with Gasteiger partial charge in [0.1, 0.15) is 5.76 Å². The van der Waals surface area contributed by atoms with Crippen LogP contribution in [0.2, 0.25) is 0 Å². The maximum atomic E-state index is 11.6. The van der Waals surface area contributed by atoms with Crippen LogP contribution < -0.4 is 5.32 Å². The van der Waals surface area contributed by atoms with Crippen LogP contribution in [0.25, 0.3) is 0 Å². The van der Waals surface area contributed by atoms with Crippen molar-refractivity contribution in [2.45, 2.75) is 13.5 Å². The highest BCUT2D eigenvalue weighted by atomic mass is 127. The number of anilines is 1. The normalized spacial score (nSPS) is 10.3. The van der Waals surface area contributed by atoms with Crippen LogP contribution in [0, 0.1) is 3.77 Å². The second-order valence-corrected chi connectivity index (χ2v) is 5.89. The third-order valence-electron chi connectivity index (χ3n) is 2.56. The largest absolute Gasteiger partial charge is 0.462 e. The van der Waals surface area contributed by atoms with E-state index in [9.17, 15) is 4.79 Å². The zero-order valence-electron chi connectivity index (χ0n) is 10.8. The zero-order valence-corrected chi connectivity index (χ0v) is 14.5. The summed E-state index contributed by atoms with van der Waals surface area (Å²) in [6.45, 7) is 2.74. The number of hydrogen-bond donors (Lipinski definition) is 1. The van der Waals surface area contributed by atoms with E-state index in [1.54, 1.807) is 19.1 Å². The number of furan rings is 1. The third kappa shape index (κ3) is 3.99. The molecule has 0 aliphatic heterocycles. The number of nitrogens with one attached hydrogen (secondary N) is 1. The summed E-state index contributed by atoms with van der Waals surface area (Å²) in [6, 6.07) is 9.15. The van der Waals surface area contributed by atoms with Gasteiger partial charge in [-0.15, -0.1) is 0 Å². The Morgan fingerprint density at radius 2 is 2.20 bits per heavy atom. The van der Waals surface area contributed by atoms with E-state index in [1.807, 2.05) is 18.2 Å². The van der Waals surface area contributed by atoms with Gasteiger partial charge in [0.2, 0.25) is 0 Å². The molecule has 0 unspecified atom stereocenters. The quantitative estimate of drug-likeness (QED) is 0.541. The third-order valence-corrected chi connectivity index (χ3v) is 3.80. The maximum Gasteiger partial charge on any atom is 0.338 e. The summed E-state index contributed by atoms with van der Waals surface area (Å²) >= 11 is 5.57. The fourth-order valence-electron chi connectivity index (χ4n) is 1.63. The van der Waals surface area contributed by atoms with Crippen LogP contribution in [-0.2, 0) is 11.3 Å². The molecule has 0 atom stereocenters. The van der Waals surface area contributed by atoms with Crippen LogP contribution in [0.4, 0.5) is 5.69 Å². The highest BCUT2D eigenvalue weighted by Crippen LogP contribution is 2.25. The first-order chi connectivity index (χ1) is 9.60. The number of rotatable bonds is 5. The second-order valence-electron chi connectivity index (χ2n) is 3.97. The first-order valence-electron chi connectivity index (χ1n) is 6.05. The lowest BCUT2D eigenvalue weighted by Gasteiger charge is -2.09. The molecular formula is C14H13BrINO3. The van der Waals surface area contributed by atoms with Gasteiger partial charge < -0.3 is 14.5 Å². The number of benzene rings is 1. The van der Waals surface area contributed by atoms with Crippen molar-refractivity contribution in [1.82, 2.24) is 0 Å². The van der Waals surface area contributed by atoms with Crippen molar-refractivity contribution in [3.63, 3.8) is 0 Å². The maximum absolute atomic E-state index is 11.6. The van der Waals surface area contributed by atoms with E-state index in [0.29, 0.717) is 18.7 Å². The molecule has 0 aliphatic carbocycles. The lowest BCUT2D eigenvalue weighted by molar-refractivity contribution is 0.0526. The Morgan fingerprint density at radius 1 is 1.40 bits per heavy atom. The van der Waals surface area contributed by atoms with Crippen molar-refractivity contribution in [2.75, 3.05) is 11.9 Å². The predicted octanol–water partition coefficient (Wildman–Crippen LogP) is 4.44. The van der Waals surface area contributed by atoms with E-state index < -0.39 is 0 Å². The van der Waals surface area contributed by atoms with Crippen molar-refractivity contribution in [3.05, 3.63) is 49.9 Å². The van der Waals surface area contributed by atoms with Gasteiger partial charge in [-0.05, 0) is 75.8 Å². The van der Waals surface area contributed by atoms with E-state index >= 15 is 0 Å². The Balaban J connectivity index is 2.04. The van der Waals surface area contributed by atoms with Gasteiger partial charge in [-0.25, -0.2) is 4.79 Å². The molecular weight excluding hydrogens is 437 g/mol. The molecule has 106 valence electrons. The molecule has 1 heterocycles. The van der Waals surface area contributed by atoms with E-state index in [2.05, 4.69) is 43.8 Å².